The average molecular weight is 207 g/mol. The summed E-state index contributed by atoms with van der Waals surface area (Å²) in [7, 11) is -3.39. The zero-order chi connectivity index (χ0) is 9.90. The van der Waals surface area contributed by atoms with Gasteiger partial charge in [-0.1, -0.05) is 12.8 Å². The van der Waals surface area contributed by atoms with Gasteiger partial charge in [-0.05, 0) is 12.8 Å². The second kappa shape index (κ2) is 4.06. The molecule has 0 amide bonds. The maximum atomic E-state index is 11.4. The van der Waals surface area contributed by atoms with Gasteiger partial charge in [0.15, 0.2) is 0 Å². The van der Waals surface area contributed by atoms with Crippen molar-refractivity contribution < 1.29 is 18.3 Å². The van der Waals surface area contributed by atoms with E-state index in [4.69, 9.17) is 5.11 Å². The van der Waals surface area contributed by atoms with Gasteiger partial charge in [0, 0.05) is 0 Å². The van der Waals surface area contributed by atoms with E-state index in [1.54, 1.807) is 0 Å². The van der Waals surface area contributed by atoms with E-state index in [9.17, 15) is 13.2 Å². The molecule has 0 bridgehead atoms. The summed E-state index contributed by atoms with van der Waals surface area (Å²) < 4.78 is 24.8. The van der Waals surface area contributed by atoms with Crippen LogP contribution in [0.15, 0.2) is 0 Å². The van der Waals surface area contributed by atoms with Crippen LogP contribution < -0.4 is 4.72 Å². The topological polar surface area (TPSA) is 83.5 Å². The highest BCUT2D eigenvalue weighted by molar-refractivity contribution is 7.90. The summed E-state index contributed by atoms with van der Waals surface area (Å²) in [5.41, 5.74) is 0. The quantitative estimate of drug-likeness (QED) is 0.676. The van der Waals surface area contributed by atoms with Crippen molar-refractivity contribution in [2.45, 2.75) is 30.9 Å². The Morgan fingerprint density at radius 2 is 1.92 bits per heavy atom. The van der Waals surface area contributed by atoms with Gasteiger partial charge in [-0.2, -0.15) is 0 Å². The molecule has 0 aromatic carbocycles. The van der Waals surface area contributed by atoms with Gasteiger partial charge in [0.1, 0.15) is 6.54 Å². The lowest BCUT2D eigenvalue weighted by molar-refractivity contribution is -0.135. The SMILES string of the molecule is O=C(O)CNS(=O)(=O)C1CCCC1. The molecule has 0 aliphatic heterocycles. The van der Waals surface area contributed by atoms with Crippen LogP contribution in [0.4, 0.5) is 0 Å². The standard InChI is InChI=1S/C7H13NO4S/c9-7(10)5-8-13(11,12)6-3-1-2-4-6/h6,8H,1-5H2,(H,9,10). The van der Waals surface area contributed by atoms with Crippen molar-refractivity contribution in [3.63, 3.8) is 0 Å². The Morgan fingerprint density at radius 1 is 1.38 bits per heavy atom. The van der Waals surface area contributed by atoms with E-state index in [1.807, 2.05) is 0 Å². The van der Waals surface area contributed by atoms with Gasteiger partial charge in [-0.15, -0.1) is 0 Å². The van der Waals surface area contributed by atoms with Crippen LogP contribution in [0.2, 0.25) is 0 Å². The average Bonchev–Trinajstić information content (AvgIpc) is 2.53. The number of carboxylic acid groups (broad SMARTS) is 1. The first-order valence-corrected chi connectivity index (χ1v) is 5.77. The molecular weight excluding hydrogens is 194 g/mol. The number of carbonyl (C=O) groups is 1. The van der Waals surface area contributed by atoms with Crippen molar-refractivity contribution in [3.8, 4) is 0 Å². The molecule has 13 heavy (non-hydrogen) atoms. The third kappa shape index (κ3) is 2.96. The third-order valence-electron chi connectivity index (χ3n) is 2.17. The molecule has 1 aliphatic rings. The zero-order valence-corrected chi connectivity index (χ0v) is 8.01. The summed E-state index contributed by atoms with van der Waals surface area (Å²) in [4.78, 5) is 10.1. The fourth-order valence-corrected chi connectivity index (χ4v) is 2.99. The number of hydrogen-bond donors (Lipinski definition) is 2. The van der Waals surface area contributed by atoms with Crippen LogP contribution in [0.3, 0.4) is 0 Å². The van der Waals surface area contributed by atoms with Crippen molar-refractivity contribution in [1.29, 1.82) is 0 Å². The lowest BCUT2D eigenvalue weighted by atomic mass is 10.4. The highest BCUT2D eigenvalue weighted by atomic mass is 32.2. The first kappa shape index (κ1) is 10.5. The highest BCUT2D eigenvalue weighted by Crippen LogP contribution is 2.23. The van der Waals surface area contributed by atoms with Gasteiger partial charge in [0.25, 0.3) is 0 Å². The molecule has 1 rings (SSSR count). The molecule has 1 aliphatic carbocycles. The lowest BCUT2D eigenvalue weighted by Gasteiger charge is -2.10. The van der Waals surface area contributed by atoms with Gasteiger partial charge in [0.2, 0.25) is 10.0 Å². The molecule has 0 aromatic heterocycles. The zero-order valence-electron chi connectivity index (χ0n) is 7.19. The lowest BCUT2D eigenvalue weighted by Crippen LogP contribution is -2.36. The smallest absolute Gasteiger partial charge is 0.318 e. The number of nitrogens with one attached hydrogen (secondary N) is 1. The van der Waals surface area contributed by atoms with Crippen LogP contribution >= 0.6 is 0 Å². The normalized spacial score (nSPS) is 19.1. The van der Waals surface area contributed by atoms with Crippen molar-refractivity contribution in [3.05, 3.63) is 0 Å². The first-order valence-electron chi connectivity index (χ1n) is 4.22. The Kier molecular flexibility index (Phi) is 3.27. The summed E-state index contributed by atoms with van der Waals surface area (Å²) in [6.07, 6.45) is 3.13. The molecule has 5 nitrogen and oxygen atoms in total. The molecule has 1 saturated carbocycles. The maximum Gasteiger partial charge on any atom is 0.318 e. The van der Waals surface area contributed by atoms with Crippen LogP contribution in [0.5, 0.6) is 0 Å². The van der Waals surface area contributed by atoms with Crippen LogP contribution in [0, 0.1) is 0 Å². The second-order valence-corrected chi connectivity index (χ2v) is 5.21. The first-order chi connectivity index (χ1) is 6.02. The molecule has 6 heteroatoms. The molecule has 0 unspecified atom stereocenters. The van der Waals surface area contributed by atoms with Gasteiger partial charge in [-0.3, -0.25) is 4.79 Å². The van der Waals surface area contributed by atoms with E-state index < -0.39 is 22.5 Å². The largest absolute Gasteiger partial charge is 0.480 e. The van der Waals surface area contributed by atoms with Crippen molar-refractivity contribution >= 4 is 16.0 Å². The molecule has 0 radical (unpaired) electrons. The third-order valence-corrected chi connectivity index (χ3v) is 4.06. The molecule has 0 aromatic rings. The van der Waals surface area contributed by atoms with Crippen molar-refractivity contribution in [2.24, 2.45) is 0 Å². The second-order valence-electron chi connectivity index (χ2n) is 3.17. The molecule has 76 valence electrons. The molecule has 1 fully saturated rings. The van der Waals surface area contributed by atoms with Crippen molar-refractivity contribution in [2.75, 3.05) is 6.54 Å². The Bertz CT molecular complexity index is 279. The fraction of sp³-hybridized carbons (Fsp3) is 0.857. The summed E-state index contributed by atoms with van der Waals surface area (Å²) in [5.74, 6) is -1.15. The van der Waals surface area contributed by atoms with E-state index in [1.165, 1.54) is 0 Å². The maximum absolute atomic E-state index is 11.4. The van der Waals surface area contributed by atoms with E-state index >= 15 is 0 Å². The summed E-state index contributed by atoms with van der Waals surface area (Å²) in [6, 6.07) is 0. The van der Waals surface area contributed by atoms with Crippen LogP contribution in [0.25, 0.3) is 0 Å². The molecule has 2 N–H and O–H groups in total. The van der Waals surface area contributed by atoms with Gasteiger partial charge in [-0.25, -0.2) is 13.1 Å². The van der Waals surface area contributed by atoms with Crippen LogP contribution in [-0.4, -0.2) is 31.3 Å². The van der Waals surface area contributed by atoms with E-state index in [0.29, 0.717) is 12.8 Å². The number of hydrogen-bond acceptors (Lipinski definition) is 3. The predicted molar refractivity (Wildman–Crippen MR) is 46.8 cm³/mol. The molecular formula is C7H13NO4S. The minimum atomic E-state index is -3.39. The van der Waals surface area contributed by atoms with E-state index in [2.05, 4.69) is 4.72 Å². The van der Waals surface area contributed by atoms with Gasteiger partial charge < -0.3 is 5.11 Å². The van der Waals surface area contributed by atoms with Crippen LogP contribution in [-0.2, 0) is 14.8 Å². The monoisotopic (exact) mass is 207 g/mol. The van der Waals surface area contributed by atoms with Gasteiger partial charge in [0.05, 0.1) is 5.25 Å². The summed E-state index contributed by atoms with van der Waals surface area (Å²) in [5, 5.41) is 7.91. The van der Waals surface area contributed by atoms with E-state index in [0.717, 1.165) is 12.8 Å². The molecule has 0 saturated heterocycles. The number of carboxylic acids is 1. The minimum absolute atomic E-state index is 0.383. The predicted octanol–water partition coefficient (Wildman–Crippen LogP) is -0.0670. The van der Waals surface area contributed by atoms with Crippen molar-refractivity contribution in [1.82, 2.24) is 4.72 Å². The highest BCUT2D eigenvalue weighted by Gasteiger charge is 2.28. The van der Waals surface area contributed by atoms with E-state index in [-0.39, 0.29) is 5.25 Å². The summed E-state index contributed by atoms with van der Waals surface area (Å²) in [6.45, 7) is -0.515. The molecule has 0 spiro atoms. The Labute approximate surface area is 77.2 Å². The molecule has 0 heterocycles. The fourth-order valence-electron chi connectivity index (χ4n) is 1.48. The van der Waals surface area contributed by atoms with Crippen LogP contribution in [0.1, 0.15) is 25.7 Å². The molecule has 0 atom stereocenters. The Morgan fingerprint density at radius 3 is 2.38 bits per heavy atom. The van der Waals surface area contributed by atoms with Gasteiger partial charge >= 0.3 is 5.97 Å². The number of aliphatic carboxylic acids is 1. The summed E-state index contributed by atoms with van der Waals surface area (Å²) >= 11 is 0. The Hall–Kier alpha value is -0.620. The number of rotatable bonds is 4. The minimum Gasteiger partial charge on any atom is -0.480 e. The Balaban J connectivity index is 2.50. The number of sulfonamides is 1.